The van der Waals surface area contributed by atoms with E-state index in [2.05, 4.69) is 6.92 Å². The van der Waals surface area contributed by atoms with Crippen LogP contribution in [0.15, 0.2) is 45.6 Å². The molecule has 1 aromatic heterocycles. The van der Waals surface area contributed by atoms with E-state index in [0.717, 1.165) is 24.0 Å². The molecule has 0 fully saturated rings. The molecule has 0 spiro atoms. The molecule has 1 aliphatic rings. The fraction of sp³-hybridized carbons (Fsp3) is 0.429. The largest absolute Gasteiger partial charge is 0.494 e. The molecule has 4 rings (SSSR count). The molecule has 0 radical (unpaired) electrons. The van der Waals surface area contributed by atoms with Crippen molar-refractivity contribution >= 4 is 28.5 Å². The molecule has 6 nitrogen and oxygen atoms in total. The van der Waals surface area contributed by atoms with Gasteiger partial charge in [-0.2, -0.15) is 0 Å². The molecule has 1 atom stereocenters. The molecule has 35 heavy (non-hydrogen) atoms. The number of carbonyl (C=O) groups is 1. The Kier molecular flexibility index (Phi) is 7.82. The Morgan fingerprint density at radius 3 is 2.66 bits per heavy atom. The van der Waals surface area contributed by atoms with Gasteiger partial charge in [0.2, 0.25) is 5.76 Å². The van der Waals surface area contributed by atoms with Crippen molar-refractivity contribution in [2.75, 3.05) is 19.8 Å². The SMILES string of the molecule is CCCCOc1cccc(C2c3c(oc4cc(C)c(Cl)cc4c3=O)C(=O)N2CCCOC(C)C)c1. The first kappa shape index (κ1) is 25.3. The lowest BCUT2D eigenvalue weighted by Crippen LogP contribution is -2.31. The van der Waals surface area contributed by atoms with Gasteiger partial charge < -0.3 is 18.8 Å². The third-order valence-corrected chi connectivity index (χ3v) is 6.59. The summed E-state index contributed by atoms with van der Waals surface area (Å²) in [6, 6.07) is 10.4. The van der Waals surface area contributed by atoms with E-state index in [-0.39, 0.29) is 23.2 Å². The summed E-state index contributed by atoms with van der Waals surface area (Å²) in [5.41, 5.74) is 2.06. The van der Waals surface area contributed by atoms with E-state index in [0.29, 0.717) is 53.5 Å². The van der Waals surface area contributed by atoms with E-state index in [9.17, 15) is 9.59 Å². The van der Waals surface area contributed by atoms with Gasteiger partial charge in [-0.3, -0.25) is 9.59 Å². The second kappa shape index (κ2) is 10.8. The van der Waals surface area contributed by atoms with Gasteiger partial charge in [-0.05, 0) is 69.0 Å². The summed E-state index contributed by atoms with van der Waals surface area (Å²) in [4.78, 5) is 29.0. The number of hydrogen-bond donors (Lipinski definition) is 0. The molecule has 2 heterocycles. The lowest BCUT2D eigenvalue weighted by Gasteiger charge is -2.25. The summed E-state index contributed by atoms with van der Waals surface area (Å²) < 4.78 is 17.6. The van der Waals surface area contributed by atoms with E-state index in [1.165, 1.54) is 0 Å². The van der Waals surface area contributed by atoms with Gasteiger partial charge in [-0.15, -0.1) is 0 Å². The standard InChI is InChI=1S/C28H32ClNO5/c1-5-6-12-34-20-10-7-9-19(15-20)25-24-26(31)21-16-22(29)18(4)14-23(21)35-27(24)28(32)30(25)11-8-13-33-17(2)3/h7,9-10,14-17,25H,5-6,8,11-13H2,1-4H3. The fourth-order valence-electron chi connectivity index (χ4n) is 4.38. The normalized spacial score (nSPS) is 15.3. The highest BCUT2D eigenvalue weighted by atomic mass is 35.5. The maximum atomic E-state index is 13.7. The van der Waals surface area contributed by atoms with Crippen molar-refractivity contribution in [1.82, 2.24) is 4.90 Å². The average molecular weight is 498 g/mol. The molecule has 1 aliphatic heterocycles. The summed E-state index contributed by atoms with van der Waals surface area (Å²) in [6.45, 7) is 9.46. The van der Waals surface area contributed by atoms with Crippen molar-refractivity contribution in [3.05, 3.63) is 74.1 Å². The summed E-state index contributed by atoms with van der Waals surface area (Å²) in [5.74, 6) is 0.513. The van der Waals surface area contributed by atoms with E-state index >= 15 is 0 Å². The molecule has 0 saturated heterocycles. The van der Waals surface area contributed by atoms with Crippen molar-refractivity contribution in [3.8, 4) is 5.75 Å². The van der Waals surface area contributed by atoms with Crippen molar-refractivity contribution in [2.24, 2.45) is 0 Å². The first-order valence-corrected chi connectivity index (χ1v) is 12.6. The zero-order chi connectivity index (χ0) is 25.1. The molecule has 1 amide bonds. The maximum absolute atomic E-state index is 13.7. The van der Waals surface area contributed by atoms with Crippen LogP contribution in [0.25, 0.3) is 11.0 Å². The number of aryl methyl sites for hydroxylation is 1. The number of hydrogen-bond acceptors (Lipinski definition) is 5. The monoisotopic (exact) mass is 497 g/mol. The van der Waals surface area contributed by atoms with Gasteiger partial charge in [0, 0.05) is 18.2 Å². The zero-order valence-electron chi connectivity index (χ0n) is 20.7. The smallest absolute Gasteiger partial charge is 0.290 e. The highest BCUT2D eigenvalue weighted by molar-refractivity contribution is 6.32. The number of rotatable bonds is 10. The summed E-state index contributed by atoms with van der Waals surface area (Å²) in [6.07, 6.45) is 2.73. The summed E-state index contributed by atoms with van der Waals surface area (Å²) in [7, 11) is 0. The van der Waals surface area contributed by atoms with E-state index in [1.807, 2.05) is 45.0 Å². The number of nitrogens with zero attached hydrogens (tertiary/aromatic N) is 1. The zero-order valence-corrected chi connectivity index (χ0v) is 21.5. The summed E-state index contributed by atoms with van der Waals surface area (Å²) >= 11 is 6.32. The quantitative estimate of drug-likeness (QED) is 0.308. The van der Waals surface area contributed by atoms with Gasteiger partial charge in [-0.1, -0.05) is 37.1 Å². The van der Waals surface area contributed by atoms with Crippen LogP contribution in [0.1, 0.15) is 73.3 Å². The van der Waals surface area contributed by atoms with Crippen LogP contribution in [0.3, 0.4) is 0 Å². The molecule has 0 bridgehead atoms. The van der Waals surface area contributed by atoms with Crippen LogP contribution < -0.4 is 10.2 Å². The Labute approximate surface area is 210 Å². The molecule has 3 aromatic rings. The molecule has 2 aromatic carbocycles. The van der Waals surface area contributed by atoms with Crippen LogP contribution in [-0.2, 0) is 4.74 Å². The number of carbonyl (C=O) groups excluding carboxylic acids is 1. The number of halogens is 1. The van der Waals surface area contributed by atoms with Crippen LogP contribution in [0.2, 0.25) is 5.02 Å². The lowest BCUT2D eigenvalue weighted by molar-refractivity contribution is 0.0593. The predicted molar refractivity (Wildman–Crippen MR) is 138 cm³/mol. The lowest BCUT2D eigenvalue weighted by atomic mass is 9.98. The minimum Gasteiger partial charge on any atom is -0.494 e. The first-order chi connectivity index (χ1) is 16.8. The number of benzene rings is 2. The Balaban J connectivity index is 1.79. The number of amides is 1. The number of ether oxygens (including phenoxy) is 2. The van der Waals surface area contributed by atoms with Gasteiger partial charge in [0.05, 0.1) is 29.7 Å². The van der Waals surface area contributed by atoms with E-state index < -0.39 is 6.04 Å². The molecule has 0 aliphatic carbocycles. The Hall–Kier alpha value is -2.83. The second-order valence-electron chi connectivity index (χ2n) is 9.22. The number of unbranched alkanes of at least 4 members (excludes halogenated alkanes) is 1. The van der Waals surface area contributed by atoms with Gasteiger partial charge >= 0.3 is 0 Å². The minimum atomic E-state index is -0.577. The van der Waals surface area contributed by atoms with Crippen LogP contribution in [0, 0.1) is 6.92 Å². The topological polar surface area (TPSA) is 69.0 Å². The second-order valence-corrected chi connectivity index (χ2v) is 9.63. The molecule has 0 saturated carbocycles. The van der Waals surface area contributed by atoms with Crippen molar-refractivity contribution in [2.45, 2.75) is 59.1 Å². The average Bonchev–Trinajstić information content (AvgIpc) is 3.10. The third-order valence-electron chi connectivity index (χ3n) is 6.18. The summed E-state index contributed by atoms with van der Waals surface area (Å²) in [5, 5.41) is 0.858. The molecular formula is C28H32ClNO5. The van der Waals surface area contributed by atoms with Crippen LogP contribution in [-0.4, -0.2) is 36.7 Å². The van der Waals surface area contributed by atoms with Crippen molar-refractivity contribution in [1.29, 1.82) is 0 Å². The van der Waals surface area contributed by atoms with Gasteiger partial charge in [-0.25, -0.2) is 0 Å². The first-order valence-electron chi connectivity index (χ1n) is 12.2. The van der Waals surface area contributed by atoms with Gasteiger partial charge in [0.25, 0.3) is 5.91 Å². The van der Waals surface area contributed by atoms with Crippen LogP contribution in [0.5, 0.6) is 5.75 Å². The predicted octanol–water partition coefficient (Wildman–Crippen LogP) is 6.29. The minimum absolute atomic E-state index is 0.0938. The van der Waals surface area contributed by atoms with Crippen molar-refractivity contribution < 1.29 is 18.7 Å². The Morgan fingerprint density at radius 2 is 1.91 bits per heavy atom. The molecule has 0 N–H and O–H groups in total. The van der Waals surface area contributed by atoms with Gasteiger partial charge in [0.1, 0.15) is 11.3 Å². The highest BCUT2D eigenvalue weighted by Crippen LogP contribution is 2.39. The molecule has 7 heteroatoms. The van der Waals surface area contributed by atoms with Gasteiger partial charge in [0.15, 0.2) is 5.43 Å². The fourth-order valence-corrected chi connectivity index (χ4v) is 4.54. The van der Waals surface area contributed by atoms with Crippen LogP contribution in [0.4, 0.5) is 0 Å². The molecule has 186 valence electrons. The number of fused-ring (bicyclic) bond motifs is 2. The van der Waals surface area contributed by atoms with E-state index in [4.69, 9.17) is 25.5 Å². The van der Waals surface area contributed by atoms with E-state index in [1.54, 1.807) is 17.0 Å². The maximum Gasteiger partial charge on any atom is 0.290 e. The Bertz CT molecular complexity index is 1280. The highest BCUT2D eigenvalue weighted by Gasteiger charge is 2.42. The van der Waals surface area contributed by atoms with Crippen molar-refractivity contribution in [3.63, 3.8) is 0 Å². The molecule has 1 unspecified atom stereocenters. The molecular weight excluding hydrogens is 466 g/mol. The third kappa shape index (κ3) is 5.24. The Morgan fingerprint density at radius 1 is 1.11 bits per heavy atom. The van der Waals surface area contributed by atoms with Crippen LogP contribution >= 0.6 is 11.6 Å².